The fraction of sp³-hybridized carbons (Fsp3) is 0.167. The Bertz CT molecular complexity index is 2700. The molecule has 0 saturated heterocycles. The molecule has 0 aliphatic carbocycles. The molecule has 0 amide bonds. The Hall–Kier alpha value is -5.32. The van der Waals surface area contributed by atoms with Crippen molar-refractivity contribution >= 4 is 84.8 Å². The first-order chi connectivity index (χ1) is 25.1. The summed E-state index contributed by atoms with van der Waals surface area (Å²) in [7, 11) is 0. The molecule has 9 rings (SSSR count). The average Bonchev–Trinajstić information content (AvgIpc) is 3.83. The van der Waals surface area contributed by atoms with E-state index in [2.05, 4.69) is 163 Å². The third-order valence-electron chi connectivity index (χ3n) is 10.3. The lowest BCUT2D eigenvalue weighted by molar-refractivity contribution is 0.401. The lowest BCUT2D eigenvalue weighted by Crippen LogP contribution is -2.10. The van der Waals surface area contributed by atoms with Crippen LogP contribution >= 0.6 is 22.7 Å². The number of benzene rings is 6. The Balaban J connectivity index is 1.11. The molecule has 0 radical (unpaired) electrons. The first kappa shape index (κ1) is 31.6. The van der Waals surface area contributed by atoms with Crippen LogP contribution in [0.3, 0.4) is 0 Å². The van der Waals surface area contributed by atoms with E-state index in [1.165, 1.54) is 87.8 Å². The number of fused-ring (bicyclic) bond motifs is 9. The smallest absolute Gasteiger partial charge is 0.0492 e. The van der Waals surface area contributed by atoms with Gasteiger partial charge in [-0.1, -0.05) is 93.2 Å². The highest BCUT2D eigenvalue weighted by Gasteiger charge is 2.16. The number of thiophene rings is 2. The zero-order valence-electron chi connectivity index (χ0n) is 28.9. The summed E-state index contributed by atoms with van der Waals surface area (Å²) in [6.07, 6.45) is 4.95. The van der Waals surface area contributed by atoms with E-state index >= 15 is 0 Å². The normalized spacial score (nSPS) is 12.1. The lowest BCUT2D eigenvalue weighted by Gasteiger charge is -2.17. The van der Waals surface area contributed by atoms with E-state index in [1.807, 2.05) is 22.7 Å². The van der Waals surface area contributed by atoms with Crippen molar-refractivity contribution in [3.8, 4) is 23.7 Å². The highest BCUT2D eigenvalue weighted by Crippen LogP contribution is 2.36. The number of rotatable bonds is 6. The molecule has 0 aliphatic rings. The fourth-order valence-corrected chi connectivity index (χ4v) is 9.70. The van der Waals surface area contributed by atoms with Gasteiger partial charge in [-0.05, 0) is 97.3 Å². The zero-order valence-corrected chi connectivity index (χ0v) is 30.6. The Morgan fingerprint density at radius 1 is 0.490 bits per heavy atom. The number of aromatic nitrogens is 1. The number of hydrogen-bond acceptors (Lipinski definition) is 2. The van der Waals surface area contributed by atoms with Crippen LogP contribution in [-0.4, -0.2) is 4.57 Å². The van der Waals surface area contributed by atoms with E-state index in [0.717, 1.165) is 28.8 Å². The minimum absolute atomic E-state index is 0.647. The van der Waals surface area contributed by atoms with Gasteiger partial charge in [-0.3, -0.25) is 0 Å². The zero-order chi connectivity index (χ0) is 34.3. The predicted molar refractivity (Wildman–Crippen MR) is 223 cm³/mol. The molecule has 3 aromatic heterocycles. The van der Waals surface area contributed by atoms with Gasteiger partial charge in [0, 0.05) is 90.9 Å². The van der Waals surface area contributed by atoms with E-state index < -0.39 is 0 Å². The van der Waals surface area contributed by atoms with Gasteiger partial charge in [-0.2, -0.15) is 0 Å². The van der Waals surface area contributed by atoms with E-state index in [9.17, 15) is 0 Å². The minimum Gasteiger partial charge on any atom is -0.340 e. The molecule has 0 N–H and O–H groups in total. The molecule has 6 aromatic carbocycles. The maximum absolute atomic E-state index is 3.52. The van der Waals surface area contributed by atoms with Crippen molar-refractivity contribution in [1.29, 1.82) is 0 Å². The summed E-state index contributed by atoms with van der Waals surface area (Å²) in [6, 6.07) is 44.1. The van der Waals surface area contributed by atoms with E-state index in [-0.39, 0.29) is 0 Å². The predicted octanol–water partition coefficient (Wildman–Crippen LogP) is 13.5. The van der Waals surface area contributed by atoms with Crippen LogP contribution in [0.1, 0.15) is 61.8 Å². The summed E-state index contributed by atoms with van der Waals surface area (Å²) in [6.45, 7) is 5.65. The molecular weight excluding hydrogens is 655 g/mol. The van der Waals surface area contributed by atoms with Gasteiger partial charge in [-0.25, -0.2) is 0 Å². The van der Waals surface area contributed by atoms with Crippen LogP contribution in [0.4, 0.5) is 0 Å². The van der Waals surface area contributed by atoms with Gasteiger partial charge in [0.25, 0.3) is 0 Å². The first-order valence-electron chi connectivity index (χ1n) is 18.1. The summed E-state index contributed by atoms with van der Waals surface area (Å²) in [5.74, 6) is 14.7. The standard InChI is InChI=1S/C48H37NS2/c1-3-5-10-32(4-2)31-49-43-23-19-33(15-17-35-21-25-47-41(29-35)37-11-6-8-13-45(37)50-47)27-39(43)40-28-34(20-24-44(40)49)16-18-36-22-26-48-42(30-36)38-12-7-9-14-46(38)51-48/h6-9,11-14,19-30,32H,3-5,10,31H2,1-2H3. The van der Waals surface area contributed by atoms with Crippen molar-refractivity contribution in [2.75, 3.05) is 0 Å². The van der Waals surface area contributed by atoms with Crippen molar-refractivity contribution in [1.82, 2.24) is 4.57 Å². The van der Waals surface area contributed by atoms with Crippen molar-refractivity contribution < 1.29 is 0 Å². The second-order valence-corrected chi connectivity index (χ2v) is 15.8. The van der Waals surface area contributed by atoms with Gasteiger partial charge >= 0.3 is 0 Å². The van der Waals surface area contributed by atoms with Crippen LogP contribution in [0.2, 0.25) is 0 Å². The van der Waals surface area contributed by atoms with E-state index in [1.54, 1.807) is 0 Å². The second-order valence-electron chi connectivity index (χ2n) is 13.6. The molecule has 51 heavy (non-hydrogen) atoms. The summed E-state index contributed by atoms with van der Waals surface area (Å²) in [5.41, 5.74) is 6.70. The molecule has 0 bridgehead atoms. The third-order valence-corrected chi connectivity index (χ3v) is 12.6. The van der Waals surface area contributed by atoms with Gasteiger partial charge in [0.05, 0.1) is 0 Å². The molecule has 3 heterocycles. The highest BCUT2D eigenvalue weighted by atomic mass is 32.1. The van der Waals surface area contributed by atoms with Gasteiger partial charge in [0.15, 0.2) is 0 Å². The largest absolute Gasteiger partial charge is 0.340 e. The molecule has 0 saturated carbocycles. The van der Waals surface area contributed by atoms with Crippen LogP contribution in [0.5, 0.6) is 0 Å². The van der Waals surface area contributed by atoms with Crippen LogP contribution in [0.15, 0.2) is 121 Å². The van der Waals surface area contributed by atoms with Crippen LogP contribution in [0, 0.1) is 29.6 Å². The summed E-state index contributed by atoms with van der Waals surface area (Å²) in [4.78, 5) is 0. The minimum atomic E-state index is 0.647. The number of nitrogens with zero attached hydrogens (tertiary/aromatic N) is 1. The van der Waals surface area contributed by atoms with Crippen molar-refractivity contribution in [2.45, 2.75) is 46.1 Å². The summed E-state index contributed by atoms with van der Waals surface area (Å²) < 4.78 is 7.80. The fourth-order valence-electron chi connectivity index (χ4n) is 7.53. The Kier molecular flexibility index (Phi) is 8.33. The van der Waals surface area contributed by atoms with Gasteiger partial charge in [-0.15, -0.1) is 22.7 Å². The van der Waals surface area contributed by atoms with Crippen LogP contribution in [-0.2, 0) is 6.54 Å². The summed E-state index contributed by atoms with van der Waals surface area (Å²) in [5, 5.41) is 7.67. The van der Waals surface area contributed by atoms with Crippen molar-refractivity contribution in [2.24, 2.45) is 5.92 Å². The Morgan fingerprint density at radius 2 is 0.922 bits per heavy atom. The maximum atomic E-state index is 3.52. The topological polar surface area (TPSA) is 4.93 Å². The Labute approximate surface area is 307 Å². The SMILES string of the molecule is CCCCC(CC)Cn1c2ccc(C#Cc3ccc4sc5ccccc5c4c3)cc2c2cc(C#Cc3ccc4sc5ccccc5c4c3)ccc21. The second kappa shape index (κ2) is 13.4. The molecule has 0 spiro atoms. The van der Waals surface area contributed by atoms with Gasteiger partial charge in [0.2, 0.25) is 0 Å². The van der Waals surface area contributed by atoms with Gasteiger partial charge in [0.1, 0.15) is 0 Å². The molecule has 1 unspecified atom stereocenters. The Morgan fingerprint density at radius 3 is 1.39 bits per heavy atom. The average molecular weight is 692 g/mol. The molecular formula is C48H37NS2. The van der Waals surface area contributed by atoms with Crippen LogP contribution in [0.25, 0.3) is 62.2 Å². The molecule has 0 fully saturated rings. The van der Waals surface area contributed by atoms with Crippen LogP contribution < -0.4 is 0 Å². The quantitative estimate of drug-likeness (QED) is 0.153. The maximum Gasteiger partial charge on any atom is 0.0492 e. The van der Waals surface area contributed by atoms with Gasteiger partial charge < -0.3 is 4.57 Å². The number of unbranched alkanes of at least 4 members (excludes halogenated alkanes) is 1. The monoisotopic (exact) mass is 691 g/mol. The van der Waals surface area contributed by atoms with Crippen molar-refractivity contribution in [3.05, 3.63) is 144 Å². The molecule has 1 nitrogen and oxygen atoms in total. The molecule has 1 atom stereocenters. The molecule has 0 aliphatic heterocycles. The first-order valence-corrected chi connectivity index (χ1v) is 19.7. The lowest BCUT2D eigenvalue weighted by atomic mass is 9.99. The third kappa shape index (κ3) is 5.98. The summed E-state index contributed by atoms with van der Waals surface area (Å²) >= 11 is 3.69. The van der Waals surface area contributed by atoms with E-state index in [0.29, 0.717) is 5.92 Å². The highest BCUT2D eigenvalue weighted by molar-refractivity contribution is 7.26. The van der Waals surface area contributed by atoms with E-state index in [4.69, 9.17) is 0 Å². The molecule has 9 aromatic rings. The molecule has 246 valence electrons. The van der Waals surface area contributed by atoms with Crippen molar-refractivity contribution in [3.63, 3.8) is 0 Å². The number of hydrogen-bond donors (Lipinski definition) is 0. The molecule has 3 heteroatoms.